The Balaban J connectivity index is 2.00. The average molecular weight is 352 g/mol. The first-order chi connectivity index (χ1) is 10.7. The molecule has 128 valence electrons. The van der Waals surface area contributed by atoms with E-state index < -0.39 is 27.3 Å². The summed E-state index contributed by atoms with van der Waals surface area (Å²) in [5.41, 5.74) is -5.39. The molecule has 0 aromatic heterocycles. The number of benzene rings is 1. The van der Waals surface area contributed by atoms with Gasteiger partial charge in [-0.2, -0.15) is 21.6 Å². The van der Waals surface area contributed by atoms with E-state index in [4.69, 9.17) is 4.74 Å². The Bertz CT molecular complexity index is 646. The van der Waals surface area contributed by atoms with Gasteiger partial charge in [-0.05, 0) is 49.9 Å². The molecule has 23 heavy (non-hydrogen) atoms. The fourth-order valence-corrected chi connectivity index (χ4v) is 2.68. The fourth-order valence-electron chi connectivity index (χ4n) is 2.22. The fraction of sp³-hybridized carbons (Fsp3) is 0.500. The van der Waals surface area contributed by atoms with Crippen LogP contribution in [0.15, 0.2) is 24.3 Å². The van der Waals surface area contributed by atoms with Crippen molar-refractivity contribution in [2.75, 3.05) is 0 Å². The number of halogens is 3. The Kier molecular flexibility index (Phi) is 5.18. The molecular weight excluding hydrogens is 337 g/mol. The second-order valence-electron chi connectivity index (χ2n) is 5.17. The van der Waals surface area contributed by atoms with Gasteiger partial charge in [0.1, 0.15) is 11.9 Å². The molecule has 0 saturated heterocycles. The van der Waals surface area contributed by atoms with Gasteiger partial charge in [0.25, 0.3) is 0 Å². The predicted molar refractivity (Wildman–Crippen MR) is 74.3 cm³/mol. The molecule has 0 bridgehead atoms. The van der Waals surface area contributed by atoms with E-state index >= 15 is 0 Å². The zero-order valence-electron chi connectivity index (χ0n) is 12.0. The second kappa shape index (κ2) is 6.77. The minimum atomic E-state index is -5.72. The van der Waals surface area contributed by atoms with Crippen molar-refractivity contribution in [3.05, 3.63) is 29.8 Å². The van der Waals surface area contributed by atoms with Crippen LogP contribution in [0.1, 0.15) is 42.5 Å². The first-order valence-electron chi connectivity index (χ1n) is 7.01. The molecule has 1 saturated carbocycles. The highest BCUT2D eigenvalue weighted by molar-refractivity contribution is 7.87. The standard InChI is InChI=1S/C14H15F3O5S/c15-14(16,17)23(19,20)22-12-8-6-10(7-9-12)13(18)21-11-4-2-1-3-5-11/h6-9,11H,1-5H2. The van der Waals surface area contributed by atoms with Crippen molar-refractivity contribution in [1.82, 2.24) is 0 Å². The quantitative estimate of drug-likeness (QED) is 0.472. The highest BCUT2D eigenvalue weighted by Gasteiger charge is 2.48. The van der Waals surface area contributed by atoms with Crippen LogP contribution >= 0.6 is 0 Å². The van der Waals surface area contributed by atoms with Gasteiger partial charge in [-0.15, -0.1) is 0 Å². The van der Waals surface area contributed by atoms with Crippen LogP contribution in [0.2, 0.25) is 0 Å². The summed E-state index contributed by atoms with van der Waals surface area (Å²) in [4.78, 5) is 11.9. The van der Waals surface area contributed by atoms with Crippen LogP contribution in [0.4, 0.5) is 13.2 Å². The maximum atomic E-state index is 12.2. The van der Waals surface area contributed by atoms with Gasteiger partial charge in [0, 0.05) is 0 Å². The maximum absolute atomic E-state index is 12.2. The van der Waals surface area contributed by atoms with Crippen molar-refractivity contribution < 1.29 is 35.3 Å². The maximum Gasteiger partial charge on any atom is 0.534 e. The Labute approximate surface area is 131 Å². The number of esters is 1. The normalized spacial score (nSPS) is 16.8. The molecule has 1 fully saturated rings. The lowest BCUT2D eigenvalue weighted by Gasteiger charge is -2.21. The molecule has 0 amide bonds. The molecule has 0 aliphatic heterocycles. The number of carbonyl (C=O) groups is 1. The summed E-state index contributed by atoms with van der Waals surface area (Å²) < 4.78 is 67.6. The van der Waals surface area contributed by atoms with Crippen molar-refractivity contribution in [3.63, 3.8) is 0 Å². The molecule has 5 nitrogen and oxygen atoms in total. The molecule has 2 rings (SSSR count). The third-order valence-corrected chi connectivity index (χ3v) is 4.38. The SMILES string of the molecule is O=C(OC1CCCCC1)c1ccc(OS(=O)(=O)C(F)(F)F)cc1. The molecule has 0 unspecified atom stereocenters. The molecular formula is C14H15F3O5S. The summed E-state index contributed by atoms with van der Waals surface area (Å²) >= 11 is 0. The van der Waals surface area contributed by atoms with Crippen molar-refractivity contribution >= 4 is 16.1 Å². The van der Waals surface area contributed by atoms with Crippen molar-refractivity contribution in [2.45, 2.75) is 43.7 Å². The zero-order chi connectivity index (χ0) is 17.1. The predicted octanol–water partition coefficient (Wildman–Crippen LogP) is 3.40. The molecule has 0 heterocycles. The first kappa shape index (κ1) is 17.6. The van der Waals surface area contributed by atoms with Gasteiger partial charge in [0.2, 0.25) is 0 Å². The molecule has 0 radical (unpaired) electrons. The van der Waals surface area contributed by atoms with Crippen LogP contribution in [0.3, 0.4) is 0 Å². The van der Waals surface area contributed by atoms with E-state index in [2.05, 4.69) is 4.18 Å². The zero-order valence-corrected chi connectivity index (χ0v) is 12.8. The smallest absolute Gasteiger partial charge is 0.459 e. The number of rotatable bonds is 4. The molecule has 1 aliphatic carbocycles. The summed E-state index contributed by atoms with van der Waals surface area (Å²) in [7, 11) is -5.72. The average Bonchev–Trinajstić information content (AvgIpc) is 2.47. The van der Waals surface area contributed by atoms with Crippen molar-refractivity contribution in [1.29, 1.82) is 0 Å². The van der Waals surface area contributed by atoms with E-state index in [1.165, 1.54) is 0 Å². The van der Waals surface area contributed by atoms with Crippen LogP contribution in [0.25, 0.3) is 0 Å². The lowest BCUT2D eigenvalue weighted by atomic mass is 9.98. The summed E-state index contributed by atoms with van der Waals surface area (Å²) in [6, 6.07) is 4.26. The summed E-state index contributed by atoms with van der Waals surface area (Å²) in [5, 5.41) is 0. The molecule has 1 aromatic rings. The second-order valence-corrected chi connectivity index (χ2v) is 6.71. The highest BCUT2D eigenvalue weighted by atomic mass is 32.2. The molecule has 0 atom stereocenters. The largest absolute Gasteiger partial charge is 0.534 e. The Morgan fingerprint density at radius 2 is 1.61 bits per heavy atom. The number of ether oxygens (including phenoxy) is 1. The van der Waals surface area contributed by atoms with Crippen LogP contribution in [-0.4, -0.2) is 26.0 Å². The van der Waals surface area contributed by atoms with Gasteiger partial charge in [-0.1, -0.05) is 6.42 Å². The number of carbonyl (C=O) groups excluding carboxylic acids is 1. The number of alkyl halides is 3. The van der Waals surface area contributed by atoms with E-state index in [0.29, 0.717) is 0 Å². The minimum Gasteiger partial charge on any atom is -0.459 e. The van der Waals surface area contributed by atoms with Gasteiger partial charge < -0.3 is 8.92 Å². The van der Waals surface area contributed by atoms with Gasteiger partial charge in [0.05, 0.1) is 5.56 Å². The van der Waals surface area contributed by atoms with E-state index in [-0.39, 0.29) is 11.7 Å². The van der Waals surface area contributed by atoms with E-state index in [1.807, 2.05) is 0 Å². The molecule has 0 spiro atoms. The summed E-state index contributed by atoms with van der Waals surface area (Å²) in [6.07, 6.45) is 4.50. The monoisotopic (exact) mass is 352 g/mol. The number of hydrogen-bond donors (Lipinski definition) is 0. The van der Waals surface area contributed by atoms with Gasteiger partial charge >= 0.3 is 21.6 Å². The Morgan fingerprint density at radius 3 is 2.13 bits per heavy atom. The summed E-state index contributed by atoms with van der Waals surface area (Å²) in [5.74, 6) is -1.13. The van der Waals surface area contributed by atoms with Crippen molar-refractivity contribution in [2.24, 2.45) is 0 Å². The third kappa shape index (κ3) is 4.60. The topological polar surface area (TPSA) is 69.7 Å². The van der Waals surface area contributed by atoms with Gasteiger partial charge in [-0.3, -0.25) is 0 Å². The minimum absolute atomic E-state index is 0.118. The van der Waals surface area contributed by atoms with Gasteiger partial charge in [0.15, 0.2) is 0 Å². The van der Waals surface area contributed by atoms with E-state index in [0.717, 1.165) is 56.4 Å². The van der Waals surface area contributed by atoms with Crippen LogP contribution < -0.4 is 4.18 Å². The third-order valence-electron chi connectivity index (χ3n) is 3.41. The lowest BCUT2D eigenvalue weighted by molar-refractivity contribution is -0.0500. The summed E-state index contributed by atoms with van der Waals surface area (Å²) in [6.45, 7) is 0. The molecule has 9 heteroatoms. The van der Waals surface area contributed by atoms with E-state index in [1.54, 1.807) is 0 Å². The Morgan fingerprint density at radius 1 is 1.04 bits per heavy atom. The van der Waals surface area contributed by atoms with Crippen LogP contribution in [-0.2, 0) is 14.9 Å². The van der Waals surface area contributed by atoms with Crippen LogP contribution in [0, 0.1) is 0 Å². The van der Waals surface area contributed by atoms with Gasteiger partial charge in [-0.25, -0.2) is 4.79 Å². The Hall–Kier alpha value is -1.77. The first-order valence-corrected chi connectivity index (χ1v) is 8.42. The highest BCUT2D eigenvalue weighted by Crippen LogP contribution is 2.27. The van der Waals surface area contributed by atoms with Crippen molar-refractivity contribution in [3.8, 4) is 5.75 Å². The molecule has 0 N–H and O–H groups in total. The van der Waals surface area contributed by atoms with E-state index in [9.17, 15) is 26.4 Å². The number of hydrogen-bond acceptors (Lipinski definition) is 5. The lowest BCUT2D eigenvalue weighted by Crippen LogP contribution is -2.28. The van der Waals surface area contributed by atoms with Crippen LogP contribution in [0.5, 0.6) is 5.75 Å². The molecule has 1 aromatic carbocycles. The molecule has 1 aliphatic rings.